The number of carbonyl (C=O) groups is 2. The summed E-state index contributed by atoms with van der Waals surface area (Å²) in [6.07, 6.45) is 0.473. The average Bonchev–Trinajstić information content (AvgIpc) is 3.09. The van der Waals surface area contributed by atoms with Gasteiger partial charge in [-0.3, -0.25) is 13.9 Å². The molecule has 8 heteroatoms. The zero-order valence-electron chi connectivity index (χ0n) is 21.0. The van der Waals surface area contributed by atoms with E-state index in [-0.39, 0.29) is 24.8 Å². The van der Waals surface area contributed by atoms with E-state index in [1.807, 2.05) is 62.4 Å². The van der Waals surface area contributed by atoms with Gasteiger partial charge in [-0.15, -0.1) is 0 Å². The van der Waals surface area contributed by atoms with Gasteiger partial charge in [-0.05, 0) is 42.3 Å². The van der Waals surface area contributed by atoms with E-state index in [9.17, 15) is 18.0 Å². The molecule has 0 spiro atoms. The second-order valence-corrected chi connectivity index (χ2v) is 11.5. The van der Waals surface area contributed by atoms with Gasteiger partial charge in [0.25, 0.3) is 10.0 Å². The number of hydrogen-bond acceptors (Lipinski definition) is 4. The molecule has 36 heavy (non-hydrogen) atoms. The van der Waals surface area contributed by atoms with Crippen LogP contribution in [0.4, 0.5) is 5.69 Å². The Morgan fingerprint density at radius 3 is 2.33 bits per heavy atom. The predicted molar refractivity (Wildman–Crippen MR) is 142 cm³/mol. The maximum atomic E-state index is 13.4. The maximum Gasteiger partial charge on any atom is 0.265 e. The Balaban J connectivity index is 1.47. The summed E-state index contributed by atoms with van der Waals surface area (Å²) in [6.45, 7) is 6.80. The van der Waals surface area contributed by atoms with Crippen LogP contribution in [0.5, 0.6) is 0 Å². The van der Waals surface area contributed by atoms with Crippen LogP contribution in [0.3, 0.4) is 0 Å². The number of carbonyl (C=O) groups excluding carboxylic acids is 2. The van der Waals surface area contributed by atoms with Crippen molar-refractivity contribution in [2.24, 2.45) is 5.92 Å². The summed E-state index contributed by atoms with van der Waals surface area (Å²) < 4.78 is 27.8. The summed E-state index contributed by atoms with van der Waals surface area (Å²) in [5, 5.41) is 4.52. The van der Waals surface area contributed by atoms with Gasteiger partial charge in [0, 0.05) is 31.4 Å². The van der Waals surface area contributed by atoms with Crippen LogP contribution >= 0.6 is 0 Å². The summed E-state index contributed by atoms with van der Waals surface area (Å²) in [6, 6.07) is 19.7. The van der Waals surface area contributed by atoms with Gasteiger partial charge in [-0.25, -0.2) is 8.42 Å². The molecule has 190 valence electrons. The smallest absolute Gasteiger partial charge is 0.265 e. The molecule has 3 aromatic rings. The third-order valence-corrected chi connectivity index (χ3v) is 8.34. The zero-order chi connectivity index (χ0) is 25.9. The van der Waals surface area contributed by atoms with Crippen LogP contribution in [-0.2, 0) is 26.2 Å². The first kappa shape index (κ1) is 25.7. The van der Waals surface area contributed by atoms with E-state index in [1.54, 1.807) is 30.0 Å². The molecule has 0 unspecified atom stereocenters. The first-order valence-electron chi connectivity index (χ1n) is 12.4. The van der Waals surface area contributed by atoms with Crippen LogP contribution in [-0.4, -0.2) is 44.3 Å². The summed E-state index contributed by atoms with van der Waals surface area (Å²) in [4.78, 5) is 28.0. The van der Waals surface area contributed by atoms with E-state index >= 15 is 0 Å². The number of nitrogens with one attached hydrogen (secondary N) is 1. The van der Waals surface area contributed by atoms with Crippen LogP contribution < -0.4 is 9.62 Å². The molecule has 1 N–H and O–H groups in total. The number of hydrogen-bond donors (Lipinski definition) is 1. The van der Waals surface area contributed by atoms with Crippen LogP contribution in [0.25, 0.3) is 10.8 Å². The third kappa shape index (κ3) is 5.23. The number of amides is 2. The number of sulfonamides is 1. The highest BCUT2D eigenvalue weighted by molar-refractivity contribution is 7.93. The van der Waals surface area contributed by atoms with Crippen LogP contribution in [0.15, 0.2) is 71.6 Å². The molecule has 0 saturated carbocycles. The molecule has 2 amide bonds. The van der Waals surface area contributed by atoms with E-state index in [0.717, 1.165) is 16.3 Å². The molecule has 0 radical (unpaired) electrons. The topological polar surface area (TPSA) is 86.8 Å². The average molecular weight is 508 g/mol. The van der Waals surface area contributed by atoms with E-state index in [2.05, 4.69) is 5.32 Å². The molecule has 0 aromatic heterocycles. The van der Waals surface area contributed by atoms with Crippen molar-refractivity contribution in [1.82, 2.24) is 10.2 Å². The molecule has 0 bridgehead atoms. The standard InChI is InChI=1S/C28H33N3O4S/c1-20(2)18-29-28(33)21(3)30(19-22-10-5-4-6-11-22)26(32)16-9-17-31-24-14-7-12-23-13-8-15-25(27(23)24)36(31,34)35/h4-8,10-15,20-21H,9,16-19H2,1-3H3,(H,29,33)/t21-/m0/s1. The molecule has 1 heterocycles. The lowest BCUT2D eigenvalue weighted by molar-refractivity contribution is -0.140. The van der Waals surface area contributed by atoms with Crippen molar-refractivity contribution in [1.29, 1.82) is 0 Å². The minimum Gasteiger partial charge on any atom is -0.354 e. The predicted octanol–water partition coefficient (Wildman–Crippen LogP) is 4.32. The van der Waals surface area contributed by atoms with E-state index in [1.165, 1.54) is 4.31 Å². The molecule has 3 aromatic carbocycles. The molecular weight excluding hydrogens is 474 g/mol. The normalized spacial score (nSPS) is 14.7. The van der Waals surface area contributed by atoms with Gasteiger partial charge in [0.15, 0.2) is 0 Å². The zero-order valence-corrected chi connectivity index (χ0v) is 21.8. The van der Waals surface area contributed by atoms with E-state index in [0.29, 0.717) is 36.0 Å². The van der Waals surface area contributed by atoms with Crippen molar-refractivity contribution in [2.75, 3.05) is 17.4 Å². The Hall–Kier alpha value is -3.39. The molecule has 1 atom stereocenters. The highest BCUT2D eigenvalue weighted by atomic mass is 32.2. The van der Waals surface area contributed by atoms with Gasteiger partial charge in [-0.1, -0.05) is 68.4 Å². The van der Waals surface area contributed by atoms with Gasteiger partial charge in [0.1, 0.15) is 6.04 Å². The van der Waals surface area contributed by atoms with Gasteiger partial charge in [0.2, 0.25) is 11.8 Å². The lowest BCUT2D eigenvalue weighted by atomic mass is 10.1. The van der Waals surface area contributed by atoms with Crippen molar-refractivity contribution < 1.29 is 18.0 Å². The Kier molecular flexibility index (Phi) is 7.64. The van der Waals surface area contributed by atoms with E-state index < -0.39 is 16.1 Å². The fourth-order valence-corrected chi connectivity index (χ4v) is 6.28. The summed E-state index contributed by atoms with van der Waals surface area (Å²) in [5.74, 6) is -0.0778. The fourth-order valence-electron chi connectivity index (χ4n) is 4.53. The fraction of sp³-hybridized carbons (Fsp3) is 0.357. The largest absolute Gasteiger partial charge is 0.354 e. The Morgan fingerprint density at radius 2 is 1.64 bits per heavy atom. The van der Waals surface area contributed by atoms with Crippen molar-refractivity contribution in [3.63, 3.8) is 0 Å². The first-order chi connectivity index (χ1) is 17.2. The highest BCUT2D eigenvalue weighted by Crippen LogP contribution is 2.42. The summed E-state index contributed by atoms with van der Waals surface area (Å²) in [5.41, 5.74) is 1.58. The van der Waals surface area contributed by atoms with Gasteiger partial charge >= 0.3 is 0 Å². The second kappa shape index (κ2) is 10.7. The molecule has 0 aliphatic carbocycles. The second-order valence-electron chi connectivity index (χ2n) is 9.63. The Morgan fingerprint density at radius 1 is 0.944 bits per heavy atom. The lowest BCUT2D eigenvalue weighted by Gasteiger charge is -2.29. The van der Waals surface area contributed by atoms with Gasteiger partial charge in [0.05, 0.1) is 10.6 Å². The summed E-state index contributed by atoms with van der Waals surface area (Å²) in [7, 11) is -3.67. The van der Waals surface area contributed by atoms with Gasteiger partial charge in [-0.2, -0.15) is 0 Å². The minimum absolute atomic E-state index is 0.132. The summed E-state index contributed by atoms with van der Waals surface area (Å²) >= 11 is 0. The monoisotopic (exact) mass is 507 g/mol. The Bertz CT molecular complexity index is 1350. The molecule has 7 nitrogen and oxygen atoms in total. The van der Waals surface area contributed by atoms with Crippen LogP contribution in [0, 0.1) is 5.92 Å². The Labute approximate surface area is 213 Å². The van der Waals surface area contributed by atoms with Crippen LogP contribution in [0.2, 0.25) is 0 Å². The van der Waals surface area contributed by atoms with Gasteiger partial charge < -0.3 is 10.2 Å². The molecular formula is C28H33N3O4S. The van der Waals surface area contributed by atoms with Crippen molar-refractivity contribution in [3.8, 4) is 0 Å². The quantitative estimate of drug-likeness (QED) is 0.443. The van der Waals surface area contributed by atoms with E-state index in [4.69, 9.17) is 0 Å². The van der Waals surface area contributed by atoms with Crippen LogP contribution in [0.1, 0.15) is 39.2 Å². The first-order valence-corrected chi connectivity index (χ1v) is 13.8. The number of benzene rings is 3. The number of nitrogens with zero attached hydrogens (tertiary/aromatic N) is 2. The van der Waals surface area contributed by atoms with Crippen molar-refractivity contribution in [2.45, 2.75) is 51.1 Å². The SMILES string of the molecule is CC(C)CNC(=O)[C@H](C)N(Cc1ccccc1)C(=O)CCCN1c2cccc3cccc(c23)S1(=O)=O. The lowest BCUT2D eigenvalue weighted by Crippen LogP contribution is -2.48. The highest BCUT2D eigenvalue weighted by Gasteiger charge is 2.35. The number of rotatable bonds is 10. The molecule has 4 rings (SSSR count). The molecule has 1 aliphatic heterocycles. The van der Waals surface area contributed by atoms with Crippen molar-refractivity contribution >= 4 is 38.3 Å². The maximum absolute atomic E-state index is 13.4. The molecule has 0 saturated heterocycles. The third-order valence-electron chi connectivity index (χ3n) is 6.48. The number of anilines is 1. The van der Waals surface area contributed by atoms with Crippen molar-refractivity contribution in [3.05, 3.63) is 72.3 Å². The molecule has 1 aliphatic rings. The minimum atomic E-state index is -3.67. The molecule has 0 fully saturated rings.